The van der Waals surface area contributed by atoms with Gasteiger partial charge in [0.05, 0.1) is 12.1 Å². The van der Waals surface area contributed by atoms with Crippen molar-refractivity contribution in [2.24, 2.45) is 29.6 Å². The molecule has 2 aliphatic rings. The van der Waals surface area contributed by atoms with Gasteiger partial charge in [-0.2, -0.15) is 0 Å². The topological polar surface area (TPSA) is 86.8 Å². The number of hydrogen-bond acceptors (Lipinski definition) is 4. The molecule has 0 spiro atoms. The highest BCUT2D eigenvalue weighted by atomic mass is 16.2. The lowest BCUT2D eigenvalue weighted by Crippen LogP contribution is -2.60. The third-order valence-corrected chi connectivity index (χ3v) is 7.16. The van der Waals surface area contributed by atoms with Gasteiger partial charge >= 0.3 is 0 Å². The van der Waals surface area contributed by atoms with Gasteiger partial charge in [0.1, 0.15) is 11.8 Å². The molecular formula is C22H37N3O4. The van der Waals surface area contributed by atoms with Crippen molar-refractivity contribution in [1.29, 1.82) is 0 Å². The molecule has 2 saturated carbocycles. The monoisotopic (exact) mass is 407 g/mol. The molecule has 0 aliphatic heterocycles. The highest BCUT2D eigenvalue weighted by Crippen LogP contribution is 2.53. The maximum atomic E-state index is 13.3. The Morgan fingerprint density at radius 3 is 2.14 bits per heavy atom. The van der Waals surface area contributed by atoms with Crippen molar-refractivity contribution in [3.8, 4) is 0 Å². The second-order valence-electron chi connectivity index (χ2n) is 9.95. The van der Waals surface area contributed by atoms with E-state index in [4.69, 9.17) is 0 Å². The first-order chi connectivity index (χ1) is 13.3. The number of amides is 3. The van der Waals surface area contributed by atoms with Gasteiger partial charge in [0.25, 0.3) is 0 Å². The lowest BCUT2D eigenvalue weighted by Gasteiger charge is -2.36. The van der Waals surface area contributed by atoms with Gasteiger partial charge in [-0.25, -0.2) is 0 Å². The molecule has 29 heavy (non-hydrogen) atoms. The molecule has 1 N–H and O–H groups in total. The van der Waals surface area contributed by atoms with E-state index in [0.29, 0.717) is 12.3 Å². The van der Waals surface area contributed by atoms with Gasteiger partial charge in [0, 0.05) is 20.0 Å². The van der Waals surface area contributed by atoms with E-state index in [-0.39, 0.29) is 47.9 Å². The van der Waals surface area contributed by atoms with Crippen LogP contribution in [0.15, 0.2) is 0 Å². The summed E-state index contributed by atoms with van der Waals surface area (Å²) in [5, 5.41) is 2.89. The van der Waals surface area contributed by atoms with Gasteiger partial charge in [-0.15, -0.1) is 0 Å². The minimum Gasteiger partial charge on any atom is -0.342 e. The molecule has 3 amide bonds. The van der Waals surface area contributed by atoms with E-state index in [1.165, 1.54) is 9.80 Å². The molecule has 0 aromatic rings. The van der Waals surface area contributed by atoms with E-state index in [1.54, 1.807) is 21.0 Å². The third-order valence-electron chi connectivity index (χ3n) is 7.16. The maximum Gasteiger partial charge on any atom is 0.247 e. The van der Waals surface area contributed by atoms with Crippen LogP contribution in [0, 0.1) is 29.6 Å². The minimum atomic E-state index is -0.993. The summed E-state index contributed by atoms with van der Waals surface area (Å²) in [4.78, 5) is 53.3. The number of carbonyl (C=O) groups excluding carboxylic acids is 4. The van der Waals surface area contributed by atoms with Crippen LogP contribution >= 0.6 is 0 Å². The summed E-state index contributed by atoms with van der Waals surface area (Å²) in [5.41, 5.74) is -1.96. The van der Waals surface area contributed by atoms with E-state index in [2.05, 4.69) is 5.32 Å². The Morgan fingerprint density at radius 1 is 1.21 bits per heavy atom. The maximum absolute atomic E-state index is 13.3. The van der Waals surface area contributed by atoms with Crippen LogP contribution in [0.25, 0.3) is 0 Å². The molecule has 2 aliphatic carbocycles. The molecule has 2 fully saturated rings. The second-order valence-corrected chi connectivity index (χ2v) is 9.95. The summed E-state index contributed by atoms with van der Waals surface area (Å²) in [6.07, 6.45) is 2.19. The van der Waals surface area contributed by atoms with Crippen LogP contribution in [0.4, 0.5) is 0 Å². The first kappa shape index (κ1) is 23.4. The number of aldehydes is 1. The van der Waals surface area contributed by atoms with Crippen molar-refractivity contribution in [2.45, 2.75) is 65.5 Å². The standard InChI is InChI=1S/C22H37N3O4/c1-13(2)17-10-22(17,20(29)23-21(6,12-26)14(3)4)25(8)18(27)11-24(7)19(28)16-9-15(16)5/h12-17H,9-11H2,1-8H3,(H,23,29)/t15-,16+,17+,21?,22?/m1/s1. The van der Waals surface area contributed by atoms with Gasteiger partial charge < -0.3 is 19.9 Å². The summed E-state index contributed by atoms with van der Waals surface area (Å²) in [6.45, 7) is 11.5. The molecule has 2 unspecified atom stereocenters. The van der Waals surface area contributed by atoms with Crippen LogP contribution in [0.5, 0.6) is 0 Å². The summed E-state index contributed by atoms with van der Waals surface area (Å²) < 4.78 is 0. The molecule has 7 heteroatoms. The van der Waals surface area contributed by atoms with Gasteiger partial charge in [0.15, 0.2) is 0 Å². The highest BCUT2D eigenvalue weighted by molar-refractivity contribution is 5.97. The Hall–Kier alpha value is -1.92. The fraction of sp³-hybridized carbons (Fsp3) is 0.818. The van der Waals surface area contributed by atoms with Gasteiger partial charge in [-0.3, -0.25) is 14.4 Å². The van der Waals surface area contributed by atoms with E-state index in [1.807, 2.05) is 34.6 Å². The second kappa shape index (κ2) is 8.07. The zero-order valence-corrected chi connectivity index (χ0v) is 19.1. The molecule has 5 atom stereocenters. The largest absolute Gasteiger partial charge is 0.342 e. The molecule has 0 radical (unpaired) electrons. The molecule has 0 heterocycles. The fourth-order valence-electron chi connectivity index (χ4n) is 4.08. The van der Waals surface area contributed by atoms with E-state index >= 15 is 0 Å². The van der Waals surface area contributed by atoms with Crippen molar-refractivity contribution >= 4 is 24.0 Å². The van der Waals surface area contributed by atoms with Gasteiger partial charge in [0.2, 0.25) is 17.7 Å². The third kappa shape index (κ3) is 4.33. The summed E-state index contributed by atoms with van der Waals surface area (Å²) in [6, 6.07) is 0. The smallest absolute Gasteiger partial charge is 0.247 e. The molecule has 0 aromatic carbocycles. The molecule has 0 aromatic heterocycles. The van der Waals surface area contributed by atoms with Gasteiger partial charge in [-0.05, 0) is 43.4 Å². The van der Waals surface area contributed by atoms with Crippen molar-refractivity contribution in [1.82, 2.24) is 15.1 Å². The molecule has 0 saturated heterocycles. The Bertz CT molecular complexity index is 692. The summed E-state index contributed by atoms with van der Waals surface area (Å²) in [5.74, 6) is -0.0253. The van der Waals surface area contributed by atoms with Crippen LogP contribution in [0.2, 0.25) is 0 Å². The minimum absolute atomic E-state index is 0.0118. The lowest BCUT2D eigenvalue weighted by atomic mass is 9.89. The number of nitrogens with zero attached hydrogens (tertiary/aromatic N) is 2. The quantitative estimate of drug-likeness (QED) is 0.590. The lowest BCUT2D eigenvalue weighted by molar-refractivity contribution is -0.146. The first-order valence-corrected chi connectivity index (χ1v) is 10.6. The van der Waals surface area contributed by atoms with E-state index < -0.39 is 11.1 Å². The van der Waals surface area contributed by atoms with Gasteiger partial charge in [-0.1, -0.05) is 34.6 Å². The normalized spacial score (nSPS) is 29.8. The molecule has 0 bridgehead atoms. The zero-order chi connectivity index (χ0) is 22.3. The predicted molar refractivity (Wildman–Crippen MR) is 111 cm³/mol. The number of likely N-dealkylation sites (N-methyl/N-ethyl adjacent to an activating group) is 2. The molecule has 2 rings (SSSR count). The van der Waals surface area contributed by atoms with E-state index in [0.717, 1.165) is 12.7 Å². The zero-order valence-electron chi connectivity index (χ0n) is 19.1. The summed E-state index contributed by atoms with van der Waals surface area (Å²) in [7, 11) is 3.27. The van der Waals surface area contributed by atoms with Crippen LogP contribution in [-0.2, 0) is 19.2 Å². The Labute approximate surface area is 174 Å². The average molecular weight is 408 g/mol. The number of nitrogens with one attached hydrogen (secondary N) is 1. The average Bonchev–Trinajstić information content (AvgIpc) is 3.55. The van der Waals surface area contributed by atoms with Crippen LogP contribution in [-0.4, -0.2) is 65.5 Å². The predicted octanol–water partition coefficient (Wildman–Crippen LogP) is 1.70. The van der Waals surface area contributed by atoms with Crippen molar-refractivity contribution in [3.05, 3.63) is 0 Å². The molecular weight excluding hydrogens is 370 g/mol. The summed E-state index contributed by atoms with van der Waals surface area (Å²) >= 11 is 0. The highest BCUT2D eigenvalue weighted by Gasteiger charge is 2.65. The van der Waals surface area contributed by atoms with Crippen LogP contribution < -0.4 is 5.32 Å². The Morgan fingerprint density at radius 2 is 1.76 bits per heavy atom. The number of rotatable bonds is 9. The number of hydrogen-bond donors (Lipinski definition) is 1. The Balaban J connectivity index is 2.16. The number of carbonyl (C=O) groups is 4. The SMILES string of the molecule is CC(C)[C@@H]1CC1(C(=O)NC(C)(C=O)C(C)C)N(C)C(=O)CN(C)C(=O)[C@H]1C[C@H]1C. The van der Waals surface area contributed by atoms with Crippen molar-refractivity contribution in [3.63, 3.8) is 0 Å². The van der Waals surface area contributed by atoms with Crippen molar-refractivity contribution < 1.29 is 19.2 Å². The Kier molecular flexibility index (Phi) is 6.50. The van der Waals surface area contributed by atoms with Crippen molar-refractivity contribution in [2.75, 3.05) is 20.6 Å². The van der Waals surface area contributed by atoms with Crippen LogP contribution in [0.1, 0.15) is 54.4 Å². The van der Waals surface area contributed by atoms with E-state index in [9.17, 15) is 19.2 Å². The fourth-order valence-corrected chi connectivity index (χ4v) is 4.08. The molecule has 164 valence electrons. The molecule has 7 nitrogen and oxygen atoms in total. The van der Waals surface area contributed by atoms with Crippen LogP contribution in [0.3, 0.4) is 0 Å². The first-order valence-electron chi connectivity index (χ1n) is 10.6.